The lowest BCUT2D eigenvalue weighted by molar-refractivity contribution is -0.117. The molecular formula is C28H38N4O2S2. The SMILES string of the molecule is CSc1cccc2nc(SCCN3CCN(CC(=O)Nc4c(C(C)C)cccc4C(C)C)CC3)oc12. The van der Waals surface area contributed by atoms with Crippen molar-refractivity contribution in [1.29, 1.82) is 0 Å². The number of nitrogens with one attached hydrogen (secondary N) is 1. The Morgan fingerprint density at radius 3 is 2.28 bits per heavy atom. The molecule has 0 atom stereocenters. The molecule has 0 spiro atoms. The first-order valence-electron chi connectivity index (χ1n) is 12.8. The average molecular weight is 527 g/mol. The van der Waals surface area contributed by atoms with Crippen molar-refractivity contribution in [1.82, 2.24) is 14.8 Å². The van der Waals surface area contributed by atoms with Crippen molar-refractivity contribution in [2.45, 2.75) is 49.6 Å². The highest BCUT2D eigenvalue weighted by Gasteiger charge is 2.21. The minimum absolute atomic E-state index is 0.0783. The molecule has 0 bridgehead atoms. The van der Waals surface area contributed by atoms with E-state index in [1.807, 2.05) is 12.1 Å². The largest absolute Gasteiger partial charge is 0.430 e. The second-order valence-electron chi connectivity index (χ2n) is 9.92. The number of fused-ring (bicyclic) bond motifs is 1. The fraction of sp³-hybridized carbons (Fsp3) is 0.500. The Labute approximate surface area is 223 Å². The minimum Gasteiger partial charge on any atom is -0.430 e. The van der Waals surface area contributed by atoms with Gasteiger partial charge >= 0.3 is 0 Å². The Kier molecular flexibility index (Phi) is 9.39. The molecule has 4 rings (SSSR count). The summed E-state index contributed by atoms with van der Waals surface area (Å²) in [5, 5.41) is 4.00. The number of oxazole rings is 1. The van der Waals surface area contributed by atoms with Gasteiger partial charge in [0.15, 0.2) is 5.58 Å². The van der Waals surface area contributed by atoms with E-state index in [9.17, 15) is 4.79 Å². The smallest absolute Gasteiger partial charge is 0.256 e. The van der Waals surface area contributed by atoms with Gasteiger partial charge in [0.1, 0.15) is 5.52 Å². The topological polar surface area (TPSA) is 61.6 Å². The van der Waals surface area contributed by atoms with Gasteiger partial charge in [0, 0.05) is 44.2 Å². The number of thioether (sulfide) groups is 2. The molecule has 1 aliphatic rings. The predicted molar refractivity (Wildman–Crippen MR) is 153 cm³/mol. The van der Waals surface area contributed by atoms with Gasteiger partial charge in [0.05, 0.1) is 11.4 Å². The van der Waals surface area contributed by atoms with Crippen LogP contribution in [0.1, 0.15) is 50.7 Å². The fourth-order valence-electron chi connectivity index (χ4n) is 4.64. The summed E-state index contributed by atoms with van der Waals surface area (Å²) >= 11 is 3.35. The van der Waals surface area contributed by atoms with E-state index in [1.165, 1.54) is 11.1 Å². The Balaban J connectivity index is 1.24. The van der Waals surface area contributed by atoms with Crippen molar-refractivity contribution < 1.29 is 9.21 Å². The van der Waals surface area contributed by atoms with Crippen molar-refractivity contribution in [3.63, 3.8) is 0 Å². The van der Waals surface area contributed by atoms with Gasteiger partial charge < -0.3 is 9.73 Å². The predicted octanol–water partition coefficient (Wildman–Crippen LogP) is 6.14. The number of hydrogen-bond donors (Lipinski definition) is 1. The summed E-state index contributed by atoms with van der Waals surface area (Å²) in [7, 11) is 0. The summed E-state index contributed by atoms with van der Waals surface area (Å²) in [5.41, 5.74) is 5.23. The lowest BCUT2D eigenvalue weighted by Gasteiger charge is -2.34. The molecule has 1 fully saturated rings. The lowest BCUT2D eigenvalue weighted by atomic mass is 9.92. The molecule has 1 aliphatic heterocycles. The Bertz CT molecular complexity index is 1140. The van der Waals surface area contributed by atoms with Crippen LogP contribution in [0.4, 0.5) is 5.69 Å². The van der Waals surface area contributed by atoms with Gasteiger partial charge in [-0.1, -0.05) is 63.7 Å². The third-order valence-electron chi connectivity index (χ3n) is 6.68. The van der Waals surface area contributed by atoms with Crippen LogP contribution in [0, 0.1) is 0 Å². The van der Waals surface area contributed by atoms with Gasteiger partial charge in [0.2, 0.25) is 5.91 Å². The molecule has 2 aromatic carbocycles. The number of carbonyl (C=O) groups is 1. The second kappa shape index (κ2) is 12.5. The summed E-state index contributed by atoms with van der Waals surface area (Å²) in [6.07, 6.45) is 2.06. The normalized spacial score (nSPS) is 15.3. The van der Waals surface area contributed by atoms with Crippen LogP contribution < -0.4 is 5.32 Å². The lowest BCUT2D eigenvalue weighted by Crippen LogP contribution is -2.49. The first kappa shape index (κ1) is 27.0. The van der Waals surface area contributed by atoms with E-state index < -0.39 is 0 Å². The molecule has 1 amide bonds. The number of para-hydroxylation sites is 2. The number of nitrogens with zero attached hydrogens (tertiary/aromatic N) is 3. The number of benzene rings is 2. The van der Waals surface area contributed by atoms with Crippen molar-refractivity contribution >= 4 is 46.2 Å². The second-order valence-corrected chi connectivity index (χ2v) is 11.8. The molecule has 36 heavy (non-hydrogen) atoms. The van der Waals surface area contributed by atoms with E-state index in [0.717, 1.165) is 65.4 Å². The van der Waals surface area contributed by atoms with Crippen molar-refractivity contribution in [2.24, 2.45) is 0 Å². The summed E-state index contributed by atoms with van der Waals surface area (Å²) in [6, 6.07) is 12.5. The third kappa shape index (κ3) is 6.65. The number of amides is 1. The maximum absolute atomic E-state index is 13.0. The molecule has 8 heteroatoms. The van der Waals surface area contributed by atoms with Gasteiger partial charge in [0.25, 0.3) is 5.22 Å². The van der Waals surface area contributed by atoms with Crippen LogP contribution >= 0.6 is 23.5 Å². The highest BCUT2D eigenvalue weighted by Crippen LogP contribution is 2.33. The van der Waals surface area contributed by atoms with Crippen LogP contribution in [0.15, 0.2) is 50.9 Å². The standard InChI is InChI=1S/C28H38N4O2S2/c1-19(2)21-8-6-9-22(20(3)4)26(21)30-25(33)18-32-14-12-31(13-15-32)16-17-36-28-29-23-10-7-11-24(35-5)27(23)34-28/h6-11,19-20H,12-18H2,1-5H3,(H,30,33). The number of aromatic nitrogens is 1. The van der Waals surface area contributed by atoms with Gasteiger partial charge in [-0.2, -0.15) is 0 Å². The van der Waals surface area contributed by atoms with Crippen LogP contribution in [0.3, 0.4) is 0 Å². The Hall–Kier alpha value is -2.00. The van der Waals surface area contributed by atoms with E-state index in [4.69, 9.17) is 4.42 Å². The van der Waals surface area contributed by atoms with Crippen LogP contribution in [0.2, 0.25) is 0 Å². The molecule has 3 aromatic rings. The van der Waals surface area contributed by atoms with E-state index in [2.05, 4.69) is 78.3 Å². The van der Waals surface area contributed by atoms with E-state index in [0.29, 0.717) is 18.4 Å². The Morgan fingerprint density at radius 1 is 1.00 bits per heavy atom. The maximum atomic E-state index is 13.0. The first-order chi connectivity index (χ1) is 17.4. The van der Waals surface area contributed by atoms with Gasteiger partial charge in [-0.3, -0.25) is 14.6 Å². The van der Waals surface area contributed by atoms with Gasteiger partial charge in [-0.15, -0.1) is 11.8 Å². The van der Waals surface area contributed by atoms with Crippen LogP contribution in [0.5, 0.6) is 0 Å². The number of rotatable bonds is 10. The Morgan fingerprint density at radius 2 is 1.64 bits per heavy atom. The molecule has 1 N–H and O–H groups in total. The van der Waals surface area contributed by atoms with Gasteiger partial charge in [-0.25, -0.2) is 4.98 Å². The number of piperazine rings is 1. The molecule has 0 aliphatic carbocycles. The molecule has 194 valence electrons. The average Bonchev–Trinajstić information content (AvgIpc) is 3.28. The quantitative estimate of drug-likeness (QED) is 0.318. The van der Waals surface area contributed by atoms with E-state index >= 15 is 0 Å². The molecular weight excluding hydrogens is 488 g/mol. The van der Waals surface area contributed by atoms with E-state index in [1.54, 1.807) is 23.5 Å². The summed E-state index contributed by atoms with van der Waals surface area (Å²) < 4.78 is 6.00. The van der Waals surface area contributed by atoms with Crippen molar-refractivity contribution in [2.75, 3.05) is 56.6 Å². The molecule has 1 aromatic heterocycles. The van der Waals surface area contributed by atoms with Crippen LogP contribution in [-0.4, -0.2) is 72.0 Å². The van der Waals surface area contributed by atoms with Crippen LogP contribution in [-0.2, 0) is 4.79 Å². The maximum Gasteiger partial charge on any atom is 0.256 e. The zero-order chi connectivity index (χ0) is 25.7. The summed E-state index contributed by atoms with van der Waals surface area (Å²) in [5.74, 6) is 1.74. The van der Waals surface area contributed by atoms with Crippen molar-refractivity contribution in [3.05, 3.63) is 47.5 Å². The van der Waals surface area contributed by atoms with E-state index in [-0.39, 0.29) is 5.91 Å². The van der Waals surface area contributed by atoms with Crippen molar-refractivity contribution in [3.8, 4) is 0 Å². The number of anilines is 1. The summed E-state index contributed by atoms with van der Waals surface area (Å²) in [6.45, 7) is 13.9. The zero-order valence-corrected chi connectivity index (χ0v) is 23.7. The monoisotopic (exact) mass is 526 g/mol. The molecule has 0 radical (unpaired) electrons. The van der Waals surface area contributed by atoms with Gasteiger partial charge in [-0.05, 0) is 41.4 Å². The first-order valence-corrected chi connectivity index (χ1v) is 15.0. The highest BCUT2D eigenvalue weighted by molar-refractivity contribution is 7.99. The van der Waals surface area contributed by atoms with Crippen LogP contribution in [0.25, 0.3) is 11.1 Å². The molecule has 6 nitrogen and oxygen atoms in total. The fourth-order valence-corrected chi connectivity index (χ4v) is 6.01. The number of hydrogen-bond acceptors (Lipinski definition) is 7. The molecule has 0 saturated carbocycles. The molecule has 0 unspecified atom stereocenters. The molecule has 1 saturated heterocycles. The highest BCUT2D eigenvalue weighted by atomic mass is 32.2. The minimum atomic E-state index is 0.0783. The summed E-state index contributed by atoms with van der Waals surface area (Å²) in [4.78, 5) is 23.4. The zero-order valence-electron chi connectivity index (χ0n) is 22.0. The third-order valence-corrected chi connectivity index (χ3v) is 8.25. The number of carbonyl (C=O) groups excluding carboxylic acids is 1. The molecule has 2 heterocycles.